The number of rotatable bonds is 5. The number of para-hydroxylation sites is 1. The molecule has 1 unspecified atom stereocenters. The van der Waals surface area contributed by atoms with Crippen LogP contribution in [0.15, 0.2) is 97.1 Å². The minimum Gasteiger partial charge on any atom is -0.496 e. The van der Waals surface area contributed by atoms with Gasteiger partial charge in [0.25, 0.3) is 11.8 Å². The Kier molecular flexibility index (Phi) is 7.58. The largest absolute Gasteiger partial charge is 0.496 e. The molecule has 2 aliphatic rings. The predicted octanol–water partition coefficient (Wildman–Crippen LogP) is 6.19. The van der Waals surface area contributed by atoms with Gasteiger partial charge in [0.15, 0.2) is 0 Å². The van der Waals surface area contributed by atoms with Gasteiger partial charge in [-0.1, -0.05) is 66.7 Å². The number of ether oxygens (including phenoxy) is 1. The first-order valence-corrected chi connectivity index (χ1v) is 14.6. The van der Waals surface area contributed by atoms with E-state index in [9.17, 15) is 9.59 Å². The van der Waals surface area contributed by atoms with Gasteiger partial charge >= 0.3 is 0 Å². The molecule has 40 heavy (non-hydrogen) atoms. The highest BCUT2D eigenvalue weighted by molar-refractivity contribution is 7.99. The molecule has 0 saturated carbocycles. The normalized spacial score (nSPS) is 16.8. The highest BCUT2D eigenvalue weighted by Gasteiger charge is 2.33. The maximum absolute atomic E-state index is 14.1. The molecule has 1 fully saturated rings. The van der Waals surface area contributed by atoms with E-state index in [2.05, 4.69) is 16.3 Å². The second kappa shape index (κ2) is 11.6. The number of carbonyl (C=O) groups excluding carboxylic acids is 2. The molecule has 4 aromatic carbocycles. The summed E-state index contributed by atoms with van der Waals surface area (Å²) >= 11 is 1.95. The average Bonchev–Trinajstić information content (AvgIpc) is 3.18. The first-order valence-electron chi connectivity index (χ1n) is 13.5. The van der Waals surface area contributed by atoms with Crippen molar-refractivity contribution in [3.63, 3.8) is 0 Å². The maximum atomic E-state index is 14.1. The Morgan fingerprint density at radius 2 is 1.68 bits per heavy atom. The van der Waals surface area contributed by atoms with Gasteiger partial charge in [-0.15, -0.1) is 0 Å². The fourth-order valence-corrected chi connectivity index (χ4v) is 6.65. The van der Waals surface area contributed by atoms with E-state index in [0.29, 0.717) is 35.2 Å². The minimum absolute atomic E-state index is 0.103. The molecule has 6 rings (SSSR count). The molecule has 6 nitrogen and oxygen atoms in total. The van der Waals surface area contributed by atoms with E-state index in [1.54, 1.807) is 25.3 Å². The summed E-state index contributed by atoms with van der Waals surface area (Å²) in [7, 11) is 1.55. The number of nitrogens with zero attached hydrogens (tertiary/aromatic N) is 2. The maximum Gasteiger partial charge on any atom is 0.262 e. The second-order valence-electron chi connectivity index (χ2n) is 10.0. The van der Waals surface area contributed by atoms with Crippen LogP contribution >= 0.6 is 11.8 Å². The first kappa shape index (κ1) is 26.2. The molecule has 2 heterocycles. The molecule has 2 amide bonds. The Balaban J connectivity index is 1.28. The molecule has 7 heteroatoms. The predicted molar refractivity (Wildman–Crippen MR) is 162 cm³/mol. The standard InChI is InChI=1S/C33H31N3O3S/c1-39-31-19-25(34-32(37)28-13-7-6-12-27(28)23-9-3-2-4-10-23)15-16-29(31)33(38)36-21-26-22-40-18-17-35(26)20-24-11-5-8-14-30(24)36/h2-16,19,26H,17-18,20-22H2,1H3,(H,34,37). The lowest BCUT2D eigenvalue weighted by atomic mass is 9.99. The summed E-state index contributed by atoms with van der Waals surface area (Å²) in [5.74, 6) is 2.22. The van der Waals surface area contributed by atoms with Crippen molar-refractivity contribution in [2.45, 2.75) is 12.6 Å². The van der Waals surface area contributed by atoms with Gasteiger partial charge in [0.1, 0.15) is 5.75 Å². The monoisotopic (exact) mass is 549 g/mol. The van der Waals surface area contributed by atoms with E-state index in [-0.39, 0.29) is 11.8 Å². The van der Waals surface area contributed by atoms with E-state index < -0.39 is 0 Å². The summed E-state index contributed by atoms with van der Waals surface area (Å²) in [5, 5.41) is 3.00. The van der Waals surface area contributed by atoms with Crippen molar-refractivity contribution in [2.75, 3.05) is 41.9 Å². The van der Waals surface area contributed by atoms with E-state index in [4.69, 9.17) is 4.74 Å². The molecule has 2 aliphatic heterocycles. The van der Waals surface area contributed by atoms with Crippen molar-refractivity contribution in [1.82, 2.24) is 4.90 Å². The van der Waals surface area contributed by atoms with Crippen LogP contribution < -0.4 is 15.0 Å². The van der Waals surface area contributed by atoms with Crippen LogP contribution in [0, 0.1) is 0 Å². The van der Waals surface area contributed by atoms with E-state index in [0.717, 1.165) is 47.0 Å². The number of methoxy groups -OCH3 is 1. The summed E-state index contributed by atoms with van der Waals surface area (Å²) in [6.07, 6.45) is 0. The molecule has 0 spiro atoms. The van der Waals surface area contributed by atoms with Crippen molar-refractivity contribution in [1.29, 1.82) is 0 Å². The Morgan fingerprint density at radius 3 is 2.52 bits per heavy atom. The number of carbonyl (C=O) groups is 2. The molecule has 1 saturated heterocycles. The molecule has 0 aromatic heterocycles. The Bertz CT molecular complexity index is 1540. The van der Waals surface area contributed by atoms with Crippen LogP contribution in [0.4, 0.5) is 11.4 Å². The van der Waals surface area contributed by atoms with E-state index in [1.807, 2.05) is 89.5 Å². The zero-order valence-corrected chi connectivity index (χ0v) is 23.2. The molecule has 4 aromatic rings. The lowest BCUT2D eigenvalue weighted by Crippen LogP contribution is -2.48. The van der Waals surface area contributed by atoms with Crippen LogP contribution in [0.2, 0.25) is 0 Å². The summed E-state index contributed by atoms with van der Waals surface area (Å²) in [6.45, 7) is 2.50. The first-order chi connectivity index (χ1) is 19.6. The Morgan fingerprint density at radius 1 is 0.900 bits per heavy atom. The zero-order valence-electron chi connectivity index (χ0n) is 22.4. The number of hydrogen-bond acceptors (Lipinski definition) is 5. The Hall–Kier alpha value is -4.07. The third-order valence-corrected chi connectivity index (χ3v) is 8.68. The third-order valence-electron chi connectivity index (χ3n) is 7.59. The van der Waals surface area contributed by atoms with Gasteiger partial charge in [0.2, 0.25) is 0 Å². The third kappa shape index (κ3) is 5.22. The highest BCUT2D eigenvalue weighted by Crippen LogP contribution is 2.34. The van der Waals surface area contributed by atoms with Crippen molar-refractivity contribution in [2.24, 2.45) is 0 Å². The molecule has 0 radical (unpaired) electrons. The molecule has 0 aliphatic carbocycles. The number of anilines is 2. The second-order valence-corrected chi connectivity index (χ2v) is 11.2. The van der Waals surface area contributed by atoms with E-state index >= 15 is 0 Å². The molecule has 1 N–H and O–H groups in total. The van der Waals surface area contributed by atoms with Crippen LogP contribution in [0.1, 0.15) is 26.3 Å². The quantitative estimate of drug-likeness (QED) is 0.322. The molecular weight excluding hydrogens is 518 g/mol. The van der Waals surface area contributed by atoms with Gasteiger partial charge in [0.05, 0.1) is 12.7 Å². The van der Waals surface area contributed by atoms with Gasteiger partial charge in [-0.25, -0.2) is 0 Å². The van der Waals surface area contributed by atoms with Gasteiger partial charge in [0, 0.05) is 60.2 Å². The van der Waals surface area contributed by atoms with Crippen LogP contribution in [0.5, 0.6) is 5.75 Å². The average molecular weight is 550 g/mol. The van der Waals surface area contributed by atoms with Crippen molar-refractivity contribution >= 4 is 35.0 Å². The number of amides is 2. The van der Waals surface area contributed by atoms with Gasteiger partial charge in [-0.3, -0.25) is 14.5 Å². The van der Waals surface area contributed by atoms with Crippen LogP contribution in [0.3, 0.4) is 0 Å². The number of benzene rings is 4. The van der Waals surface area contributed by atoms with Crippen molar-refractivity contribution < 1.29 is 14.3 Å². The lowest BCUT2D eigenvalue weighted by molar-refractivity contribution is 0.0975. The fourth-order valence-electron chi connectivity index (χ4n) is 5.53. The number of thioether (sulfide) groups is 1. The van der Waals surface area contributed by atoms with Crippen LogP contribution in [0.25, 0.3) is 11.1 Å². The van der Waals surface area contributed by atoms with Crippen molar-refractivity contribution in [3.05, 3.63) is 114 Å². The SMILES string of the molecule is COc1cc(NC(=O)c2ccccc2-c2ccccc2)ccc1C(=O)N1CC2CSCCN2Cc2ccccc21. The zero-order chi connectivity index (χ0) is 27.5. The minimum atomic E-state index is -0.225. The summed E-state index contributed by atoms with van der Waals surface area (Å²) < 4.78 is 5.69. The molecule has 1 atom stereocenters. The molecule has 202 valence electrons. The van der Waals surface area contributed by atoms with Crippen molar-refractivity contribution in [3.8, 4) is 16.9 Å². The topological polar surface area (TPSA) is 61.9 Å². The smallest absolute Gasteiger partial charge is 0.262 e. The van der Waals surface area contributed by atoms with Gasteiger partial charge in [-0.05, 0) is 41.0 Å². The van der Waals surface area contributed by atoms with Crippen LogP contribution in [-0.4, -0.2) is 54.5 Å². The number of fused-ring (bicyclic) bond motifs is 2. The summed E-state index contributed by atoms with van der Waals surface area (Å²) in [5.41, 5.74) is 5.54. The highest BCUT2D eigenvalue weighted by atomic mass is 32.2. The summed E-state index contributed by atoms with van der Waals surface area (Å²) in [6, 6.07) is 31.1. The number of hydrogen-bond donors (Lipinski definition) is 1. The van der Waals surface area contributed by atoms with Crippen LogP contribution in [-0.2, 0) is 6.54 Å². The summed E-state index contributed by atoms with van der Waals surface area (Å²) in [4.78, 5) is 31.8. The molecule has 0 bridgehead atoms. The van der Waals surface area contributed by atoms with Gasteiger partial charge in [-0.2, -0.15) is 11.8 Å². The Labute approximate surface area is 239 Å². The molecular formula is C33H31N3O3S. The fraction of sp³-hybridized carbons (Fsp3) is 0.212. The van der Waals surface area contributed by atoms with Gasteiger partial charge < -0.3 is 15.0 Å². The van der Waals surface area contributed by atoms with E-state index in [1.165, 1.54) is 0 Å². The number of nitrogens with one attached hydrogen (secondary N) is 1. The lowest BCUT2D eigenvalue weighted by Gasteiger charge is -2.35.